The topological polar surface area (TPSA) is 39.1 Å². The van der Waals surface area contributed by atoms with Crippen LogP contribution in [0.2, 0.25) is 0 Å². The van der Waals surface area contributed by atoms with E-state index in [0.717, 1.165) is 13.1 Å². The van der Waals surface area contributed by atoms with Gasteiger partial charge in [-0.2, -0.15) is 5.26 Å². The molecule has 0 amide bonds. The van der Waals surface area contributed by atoms with Gasteiger partial charge in [-0.3, -0.25) is 4.90 Å². The van der Waals surface area contributed by atoms with Gasteiger partial charge in [-0.25, -0.2) is 0 Å². The molecular weight excluding hydrogens is 126 g/mol. The lowest BCUT2D eigenvalue weighted by atomic mass is 9.89. The molecule has 3 nitrogen and oxygen atoms in total. The van der Waals surface area contributed by atoms with E-state index in [0.29, 0.717) is 18.6 Å². The molecule has 3 aliphatic heterocycles. The molecule has 54 valence electrons. The van der Waals surface area contributed by atoms with Crippen LogP contribution in [0, 0.1) is 11.3 Å². The summed E-state index contributed by atoms with van der Waals surface area (Å²) in [6.07, 6.45) is 1.30. The highest BCUT2D eigenvalue weighted by atomic mass is 15.3. The molecule has 0 aliphatic carbocycles. The van der Waals surface area contributed by atoms with E-state index >= 15 is 0 Å². The monoisotopic (exact) mass is 137 g/mol. The van der Waals surface area contributed by atoms with Crippen molar-refractivity contribution in [2.75, 3.05) is 19.6 Å². The minimum atomic E-state index is 0.622. The molecule has 0 aromatic heterocycles. The van der Waals surface area contributed by atoms with Crippen LogP contribution >= 0.6 is 0 Å². The Balaban J connectivity index is 1.94. The van der Waals surface area contributed by atoms with Crippen LogP contribution in [0.1, 0.15) is 6.42 Å². The standard InChI is InChI=1S/C7H11N3/c8-1-2-10-6-3-7(10)5-9-4-6/h6-7,9H,2-5H2. The van der Waals surface area contributed by atoms with Crippen molar-refractivity contribution in [3.05, 3.63) is 0 Å². The summed E-state index contributed by atoms with van der Waals surface area (Å²) < 4.78 is 0. The second kappa shape index (κ2) is 2.22. The molecule has 0 radical (unpaired) electrons. The first-order valence-corrected chi connectivity index (χ1v) is 3.75. The zero-order valence-electron chi connectivity index (χ0n) is 5.88. The van der Waals surface area contributed by atoms with E-state index in [4.69, 9.17) is 5.26 Å². The number of piperidine rings is 1. The SMILES string of the molecule is N#CCN1C2CNCC1C2. The molecule has 0 aromatic carbocycles. The van der Waals surface area contributed by atoms with Gasteiger partial charge in [0, 0.05) is 25.2 Å². The van der Waals surface area contributed by atoms with Crippen LogP contribution in [0.3, 0.4) is 0 Å². The summed E-state index contributed by atoms with van der Waals surface area (Å²) in [7, 11) is 0. The zero-order chi connectivity index (χ0) is 6.97. The van der Waals surface area contributed by atoms with Crippen LogP contribution in [-0.2, 0) is 0 Å². The third-order valence-electron chi connectivity index (χ3n) is 2.50. The Labute approximate surface area is 60.6 Å². The van der Waals surface area contributed by atoms with Crippen molar-refractivity contribution in [2.24, 2.45) is 0 Å². The molecule has 0 aromatic rings. The summed E-state index contributed by atoms with van der Waals surface area (Å²) in [4.78, 5) is 2.29. The summed E-state index contributed by atoms with van der Waals surface area (Å²) in [5.74, 6) is 0. The predicted molar refractivity (Wildman–Crippen MR) is 37.4 cm³/mol. The molecule has 10 heavy (non-hydrogen) atoms. The van der Waals surface area contributed by atoms with Gasteiger partial charge < -0.3 is 5.32 Å². The molecule has 3 aliphatic rings. The fourth-order valence-corrected chi connectivity index (χ4v) is 1.90. The average molecular weight is 137 g/mol. The Hall–Kier alpha value is -0.590. The normalized spacial score (nSPS) is 38.3. The van der Waals surface area contributed by atoms with Crippen molar-refractivity contribution < 1.29 is 0 Å². The Kier molecular flexibility index (Phi) is 1.37. The van der Waals surface area contributed by atoms with Crippen LogP contribution < -0.4 is 5.32 Å². The van der Waals surface area contributed by atoms with Gasteiger partial charge in [0.1, 0.15) is 0 Å². The Morgan fingerprint density at radius 3 is 2.70 bits per heavy atom. The van der Waals surface area contributed by atoms with Gasteiger partial charge in [0.25, 0.3) is 0 Å². The van der Waals surface area contributed by atoms with E-state index < -0.39 is 0 Å². The van der Waals surface area contributed by atoms with Crippen LogP contribution in [0.4, 0.5) is 0 Å². The van der Waals surface area contributed by atoms with Crippen LogP contribution in [0.15, 0.2) is 0 Å². The molecule has 3 rings (SSSR count). The minimum Gasteiger partial charge on any atom is -0.314 e. The molecule has 2 unspecified atom stereocenters. The van der Waals surface area contributed by atoms with Gasteiger partial charge in [-0.15, -0.1) is 0 Å². The predicted octanol–water partition coefficient (Wildman–Crippen LogP) is -0.444. The second-order valence-corrected chi connectivity index (χ2v) is 3.03. The molecule has 3 heteroatoms. The third kappa shape index (κ3) is 0.731. The second-order valence-electron chi connectivity index (χ2n) is 3.03. The number of fused-ring (bicyclic) bond motifs is 2. The first-order valence-electron chi connectivity index (χ1n) is 3.75. The molecule has 1 N–H and O–H groups in total. The van der Waals surface area contributed by atoms with Gasteiger partial charge in [0.15, 0.2) is 0 Å². The lowest BCUT2D eigenvalue weighted by molar-refractivity contribution is -0.000783. The van der Waals surface area contributed by atoms with Crippen LogP contribution in [0.25, 0.3) is 0 Å². The molecule has 0 saturated carbocycles. The fourth-order valence-electron chi connectivity index (χ4n) is 1.90. The van der Waals surface area contributed by atoms with E-state index in [2.05, 4.69) is 16.3 Å². The van der Waals surface area contributed by atoms with E-state index in [9.17, 15) is 0 Å². The lowest BCUT2D eigenvalue weighted by Gasteiger charge is -2.52. The zero-order valence-corrected chi connectivity index (χ0v) is 5.88. The van der Waals surface area contributed by atoms with Crippen molar-refractivity contribution in [1.29, 1.82) is 5.26 Å². The molecule has 3 heterocycles. The summed E-state index contributed by atoms with van der Waals surface area (Å²) in [6, 6.07) is 3.53. The molecule has 2 bridgehead atoms. The van der Waals surface area contributed by atoms with E-state index in [1.807, 2.05) is 0 Å². The third-order valence-corrected chi connectivity index (χ3v) is 2.50. The highest BCUT2D eigenvalue weighted by Crippen LogP contribution is 2.27. The molecule has 3 fully saturated rings. The fraction of sp³-hybridized carbons (Fsp3) is 0.857. The van der Waals surface area contributed by atoms with Gasteiger partial charge in [-0.05, 0) is 6.42 Å². The number of hydrogen-bond donors (Lipinski definition) is 1. The molecule has 0 spiro atoms. The Morgan fingerprint density at radius 2 is 2.20 bits per heavy atom. The highest BCUT2D eigenvalue weighted by molar-refractivity contribution is 5.02. The Bertz CT molecular complexity index is 158. The Morgan fingerprint density at radius 1 is 1.50 bits per heavy atom. The van der Waals surface area contributed by atoms with Gasteiger partial charge in [0.2, 0.25) is 0 Å². The molecule has 3 saturated heterocycles. The van der Waals surface area contributed by atoms with Crippen molar-refractivity contribution >= 4 is 0 Å². The number of nitriles is 1. The quantitative estimate of drug-likeness (QED) is 0.498. The number of nitrogens with zero attached hydrogens (tertiary/aromatic N) is 2. The number of hydrogen-bond acceptors (Lipinski definition) is 3. The van der Waals surface area contributed by atoms with Crippen molar-refractivity contribution in [3.63, 3.8) is 0 Å². The van der Waals surface area contributed by atoms with Crippen molar-refractivity contribution in [2.45, 2.75) is 18.5 Å². The summed E-state index contributed by atoms with van der Waals surface area (Å²) >= 11 is 0. The summed E-state index contributed by atoms with van der Waals surface area (Å²) in [6.45, 7) is 2.79. The average Bonchev–Trinajstić information content (AvgIpc) is 2.01. The maximum absolute atomic E-state index is 8.44. The molecule has 2 atom stereocenters. The first-order chi connectivity index (χ1) is 4.92. The van der Waals surface area contributed by atoms with E-state index in [1.54, 1.807) is 0 Å². The lowest BCUT2D eigenvalue weighted by Crippen LogP contribution is -2.67. The molecular formula is C7H11N3. The minimum absolute atomic E-state index is 0.622. The van der Waals surface area contributed by atoms with Gasteiger partial charge in [-0.1, -0.05) is 0 Å². The maximum atomic E-state index is 8.44. The summed E-state index contributed by atoms with van der Waals surface area (Å²) in [5, 5.41) is 11.8. The van der Waals surface area contributed by atoms with E-state index in [-0.39, 0.29) is 0 Å². The number of nitrogens with one attached hydrogen (secondary N) is 1. The van der Waals surface area contributed by atoms with Crippen LogP contribution in [0.5, 0.6) is 0 Å². The maximum Gasteiger partial charge on any atom is 0.0871 e. The largest absolute Gasteiger partial charge is 0.314 e. The summed E-state index contributed by atoms with van der Waals surface area (Å²) in [5.41, 5.74) is 0. The van der Waals surface area contributed by atoms with Crippen molar-refractivity contribution in [1.82, 2.24) is 10.2 Å². The van der Waals surface area contributed by atoms with Crippen molar-refractivity contribution in [3.8, 4) is 6.07 Å². The first kappa shape index (κ1) is 6.14. The number of rotatable bonds is 1. The smallest absolute Gasteiger partial charge is 0.0871 e. The number of piperazine rings is 1. The van der Waals surface area contributed by atoms with Gasteiger partial charge >= 0.3 is 0 Å². The van der Waals surface area contributed by atoms with Gasteiger partial charge in [0.05, 0.1) is 12.6 Å². The van der Waals surface area contributed by atoms with Crippen LogP contribution in [-0.4, -0.2) is 36.6 Å². The van der Waals surface area contributed by atoms with E-state index in [1.165, 1.54) is 6.42 Å². The highest BCUT2D eigenvalue weighted by Gasteiger charge is 2.40.